The molecule has 4 heteroatoms. The molecule has 3 nitrogen and oxygen atoms in total. The van der Waals surface area contributed by atoms with Gasteiger partial charge in [0.2, 0.25) is 5.91 Å². The fraction of sp³-hybridized carbons (Fsp3) is 0.111. The van der Waals surface area contributed by atoms with Crippen LogP contribution in [0.2, 0.25) is 0 Å². The van der Waals surface area contributed by atoms with Crippen molar-refractivity contribution in [1.82, 2.24) is 0 Å². The number of hydrogen-bond donors (Lipinski definition) is 2. The molecule has 1 rings (SSSR count). The van der Waals surface area contributed by atoms with Crippen LogP contribution in [0.15, 0.2) is 22.7 Å². The molecule has 1 aromatic rings. The maximum Gasteiger partial charge on any atom is 0.221 e. The van der Waals surface area contributed by atoms with Crippen LogP contribution in [0.1, 0.15) is 12.5 Å². The molecule has 1 amide bonds. The second-order valence-corrected chi connectivity index (χ2v) is 3.38. The molecule has 2 N–H and O–H groups in total. The van der Waals surface area contributed by atoms with Gasteiger partial charge in [-0.2, -0.15) is 0 Å². The van der Waals surface area contributed by atoms with E-state index in [-0.39, 0.29) is 5.91 Å². The first-order valence-electron chi connectivity index (χ1n) is 3.71. The van der Waals surface area contributed by atoms with E-state index >= 15 is 0 Å². The van der Waals surface area contributed by atoms with Crippen molar-refractivity contribution in [3.63, 3.8) is 0 Å². The molecule has 0 aliphatic heterocycles. The number of hydrogen-bond acceptors (Lipinski definition) is 2. The standard InChI is InChI=1S/C9H9BrN2O/c1-6(13)12-9-4-2-3-8(10)7(9)5-11/h2-5,11H,1H3,(H,12,13). The van der Waals surface area contributed by atoms with Gasteiger partial charge >= 0.3 is 0 Å². The van der Waals surface area contributed by atoms with Crippen molar-refractivity contribution in [2.45, 2.75) is 6.92 Å². The minimum Gasteiger partial charge on any atom is -0.326 e. The highest BCUT2D eigenvalue weighted by atomic mass is 79.9. The molecule has 0 saturated carbocycles. The zero-order valence-electron chi connectivity index (χ0n) is 7.10. The summed E-state index contributed by atoms with van der Waals surface area (Å²) in [5, 5.41) is 9.81. The minimum absolute atomic E-state index is 0.138. The number of nitrogens with one attached hydrogen (secondary N) is 2. The molecule has 13 heavy (non-hydrogen) atoms. The second-order valence-electron chi connectivity index (χ2n) is 2.53. The number of halogens is 1. The number of amides is 1. The van der Waals surface area contributed by atoms with Gasteiger partial charge in [0, 0.05) is 23.2 Å². The van der Waals surface area contributed by atoms with Crippen molar-refractivity contribution in [1.29, 1.82) is 5.41 Å². The number of carbonyl (C=O) groups is 1. The number of carbonyl (C=O) groups excluding carboxylic acids is 1. The van der Waals surface area contributed by atoms with Crippen molar-refractivity contribution in [3.05, 3.63) is 28.2 Å². The third-order valence-electron chi connectivity index (χ3n) is 1.51. The fourth-order valence-electron chi connectivity index (χ4n) is 0.982. The van der Waals surface area contributed by atoms with E-state index in [0.29, 0.717) is 11.3 Å². The third-order valence-corrected chi connectivity index (χ3v) is 2.20. The van der Waals surface area contributed by atoms with Gasteiger partial charge in [0.25, 0.3) is 0 Å². The number of rotatable bonds is 2. The molecule has 0 aromatic heterocycles. The third kappa shape index (κ3) is 2.39. The maximum atomic E-state index is 10.8. The maximum absolute atomic E-state index is 10.8. The predicted octanol–water partition coefficient (Wildman–Crippen LogP) is 2.41. The van der Waals surface area contributed by atoms with Gasteiger partial charge in [0.1, 0.15) is 0 Å². The van der Waals surface area contributed by atoms with Crippen LogP contribution in [0.5, 0.6) is 0 Å². The Morgan fingerprint density at radius 1 is 1.62 bits per heavy atom. The van der Waals surface area contributed by atoms with Gasteiger partial charge in [0.05, 0.1) is 5.69 Å². The van der Waals surface area contributed by atoms with Crippen LogP contribution >= 0.6 is 15.9 Å². The van der Waals surface area contributed by atoms with Crippen LogP contribution in [0.3, 0.4) is 0 Å². The van der Waals surface area contributed by atoms with Gasteiger partial charge in [-0.15, -0.1) is 0 Å². The first-order valence-corrected chi connectivity index (χ1v) is 4.51. The summed E-state index contributed by atoms with van der Waals surface area (Å²) in [5.74, 6) is -0.138. The summed E-state index contributed by atoms with van der Waals surface area (Å²) in [6.45, 7) is 1.44. The molecular weight excluding hydrogens is 232 g/mol. The molecule has 0 saturated heterocycles. The van der Waals surface area contributed by atoms with Crippen LogP contribution in [0.25, 0.3) is 0 Å². The van der Waals surface area contributed by atoms with Gasteiger partial charge in [-0.3, -0.25) is 4.79 Å². The molecule has 0 atom stereocenters. The highest BCUT2D eigenvalue weighted by molar-refractivity contribution is 9.10. The molecule has 0 fully saturated rings. The summed E-state index contributed by atoms with van der Waals surface area (Å²) in [5.41, 5.74) is 1.33. The molecular formula is C9H9BrN2O. The average Bonchev–Trinajstić information content (AvgIpc) is 2.03. The van der Waals surface area contributed by atoms with Crippen molar-refractivity contribution in [2.24, 2.45) is 0 Å². The van der Waals surface area contributed by atoms with Gasteiger partial charge < -0.3 is 10.7 Å². The first-order chi connectivity index (χ1) is 6.15. The van der Waals surface area contributed by atoms with Gasteiger partial charge in [-0.25, -0.2) is 0 Å². The predicted molar refractivity (Wildman–Crippen MR) is 56.3 cm³/mol. The van der Waals surface area contributed by atoms with Crippen LogP contribution in [0.4, 0.5) is 5.69 Å². The zero-order chi connectivity index (χ0) is 9.84. The van der Waals surface area contributed by atoms with Crippen molar-refractivity contribution >= 4 is 33.7 Å². The molecule has 0 aliphatic carbocycles. The highest BCUT2D eigenvalue weighted by Gasteiger charge is 2.04. The molecule has 1 aromatic carbocycles. The number of benzene rings is 1. The Morgan fingerprint density at radius 2 is 2.31 bits per heavy atom. The van der Waals surface area contributed by atoms with Crippen molar-refractivity contribution in [3.8, 4) is 0 Å². The summed E-state index contributed by atoms with van der Waals surface area (Å²) in [7, 11) is 0. The summed E-state index contributed by atoms with van der Waals surface area (Å²) in [6.07, 6.45) is 1.20. The van der Waals surface area contributed by atoms with E-state index in [1.807, 2.05) is 12.1 Å². The van der Waals surface area contributed by atoms with Gasteiger partial charge in [-0.05, 0) is 12.1 Å². The SMILES string of the molecule is CC(=O)Nc1cccc(Br)c1C=N. The van der Waals surface area contributed by atoms with Crippen molar-refractivity contribution in [2.75, 3.05) is 5.32 Å². The lowest BCUT2D eigenvalue weighted by atomic mass is 10.2. The Kier molecular flexibility index (Phi) is 3.19. The van der Waals surface area contributed by atoms with Crippen LogP contribution in [-0.2, 0) is 4.79 Å². The smallest absolute Gasteiger partial charge is 0.221 e. The zero-order valence-corrected chi connectivity index (χ0v) is 8.68. The van der Waals surface area contributed by atoms with Crippen molar-refractivity contribution < 1.29 is 4.79 Å². The van der Waals surface area contributed by atoms with E-state index in [9.17, 15) is 4.79 Å². The Bertz CT molecular complexity index is 349. The fourth-order valence-corrected chi connectivity index (χ4v) is 1.46. The summed E-state index contributed by atoms with van der Waals surface area (Å²) < 4.78 is 0.800. The summed E-state index contributed by atoms with van der Waals surface area (Å²) in [6, 6.07) is 5.39. The van der Waals surface area contributed by atoms with Gasteiger partial charge in [-0.1, -0.05) is 22.0 Å². The van der Waals surface area contributed by atoms with Gasteiger partial charge in [0.15, 0.2) is 0 Å². The lowest BCUT2D eigenvalue weighted by Crippen LogP contribution is -2.08. The summed E-state index contributed by atoms with van der Waals surface area (Å²) >= 11 is 3.29. The minimum atomic E-state index is -0.138. The van der Waals surface area contributed by atoms with E-state index in [4.69, 9.17) is 5.41 Å². The normalized spacial score (nSPS) is 9.38. The molecule has 0 aliphatic rings. The Labute approximate surface area is 84.8 Å². The lowest BCUT2D eigenvalue weighted by Gasteiger charge is -2.06. The van der Waals surface area contributed by atoms with E-state index < -0.39 is 0 Å². The molecule has 0 spiro atoms. The Balaban J connectivity index is 3.12. The summed E-state index contributed by atoms with van der Waals surface area (Å²) in [4.78, 5) is 10.8. The quantitative estimate of drug-likeness (QED) is 0.767. The van der Waals surface area contributed by atoms with Crippen LogP contribution in [0, 0.1) is 5.41 Å². The Hall–Kier alpha value is -1.16. The van der Waals surface area contributed by atoms with E-state index in [1.54, 1.807) is 6.07 Å². The lowest BCUT2D eigenvalue weighted by molar-refractivity contribution is -0.114. The van der Waals surface area contributed by atoms with E-state index in [0.717, 1.165) is 4.47 Å². The topological polar surface area (TPSA) is 53.0 Å². The molecule has 0 unspecified atom stereocenters. The first kappa shape index (κ1) is 9.92. The molecule has 0 bridgehead atoms. The van der Waals surface area contributed by atoms with Crippen LogP contribution in [-0.4, -0.2) is 12.1 Å². The van der Waals surface area contributed by atoms with Crippen LogP contribution < -0.4 is 5.32 Å². The van der Waals surface area contributed by atoms with E-state index in [2.05, 4.69) is 21.2 Å². The van der Waals surface area contributed by atoms with E-state index in [1.165, 1.54) is 13.1 Å². The average molecular weight is 241 g/mol. The largest absolute Gasteiger partial charge is 0.326 e. The molecule has 68 valence electrons. The Morgan fingerprint density at radius 3 is 2.85 bits per heavy atom. The second kappa shape index (κ2) is 4.18. The monoisotopic (exact) mass is 240 g/mol. The highest BCUT2D eigenvalue weighted by Crippen LogP contribution is 2.22. The number of anilines is 1. The molecule has 0 heterocycles. The molecule has 0 radical (unpaired) electrons.